The van der Waals surface area contributed by atoms with Crippen LogP contribution in [0.3, 0.4) is 0 Å². The number of thiophene rings is 1. The van der Waals surface area contributed by atoms with Crippen LogP contribution in [0.25, 0.3) is 0 Å². The molecule has 0 saturated heterocycles. The molecule has 92 valence electrons. The van der Waals surface area contributed by atoms with Crippen molar-refractivity contribution in [2.45, 2.75) is 32.4 Å². The molecule has 0 amide bonds. The Morgan fingerprint density at radius 1 is 1.50 bits per heavy atom. The summed E-state index contributed by atoms with van der Waals surface area (Å²) in [5.41, 5.74) is 7.34. The van der Waals surface area contributed by atoms with Gasteiger partial charge in [0.25, 0.3) is 0 Å². The van der Waals surface area contributed by atoms with Crippen molar-refractivity contribution in [3.63, 3.8) is 0 Å². The van der Waals surface area contributed by atoms with E-state index in [0.29, 0.717) is 6.54 Å². The Balaban J connectivity index is 2.81. The van der Waals surface area contributed by atoms with E-state index < -0.39 is 0 Å². The summed E-state index contributed by atoms with van der Waals surface area (Å²) in [6.07, 6.45) is 1.08. The minimum absolute atomic E-state index is 0.0766. The Kier molecular flexibility index (Phi) is 5.98. The number of hydrogen-bond acceptors (Lipinski definition) is 4. The van der Waals surface area contributed by atoms with Crippen molar-refractivity contribution in [3.05, 3.63) is 22.4 Å². The molecule has 0 radical (unpaired) electrons. The van der Waals surface area contributed by atoms with Crippen molar-refractivity contribution in [1.82, 2.24) is 4.90 Å². The summed E-state index contributed by atoms with van der Waals surface area (Å²) in [6.45, 7) is 6.03. The van der Waals surface area contributed by atoms with E-state index in [-0.39, 0.29) is 18.7 Å². The van der Waals surface area contributed by atoms with Crippen molar-refractivity contribution >= 4 is 11.3 Å². The fourth-order valence-electron chi connectivity index (χ4n) is 2.10. The van der Waals surface area contributed by atoms with Gasteiger partial charge < -0.3 is 10.8 Å². The summed E-state index contributed by atoms with van der Waals surface area (Å²) < 4.78 is 0. The fraction of sp³-hybridized carbons (Fsp3) is 0.667. The average Bonchev–Trinajstić information content (AvgIpc) is 2.71. The molecule has 2 atom stereocenters. The molecule has 4 heteroatoms. The van der Waals surface area contributed by atoms with Gasteiger partial charge in [0.2, 0.25) is 0 Å². The molecule has 0 aromatic carbocycles. The summed E-state index contributed by atoms with van der Waals surface area (Å²) in [7, 11) is 0. The van der Waals surface area contributed by atoms with Gasteiger partial charge >= 0.3 is 0 Å². The van der Waals surface area contributed by atoms with E-state index in [1.165, 1.54) is 5.56 Å². The van der Waals surface area contributed by atoms with Crippen molar-refractivity contribution in [3.8, 4) is 0 Å². The van der Waals surface area contributed by atoms with Gasteiger partial charge in [-0.1, -0.05) is 6.92 Å². The van der Waals surface area contributed by atoms with Crippen LogP contribution in [0.5, 0.6) is 0 Å². The van der Waals surface area contributed by atoms with Crippen LogP contribution in [0.15, 0.2) is 16.8 Å². The first-order chi connectivity index (χ1) is 7.70. The predicted molar refractivity (Wildman–Crippen MR) is 69.7 cm³/mol. The highest BCUT2D eigenvalue weighted by molar-refractivity contribution is 7.07. The van der Waals surface area contributed by atoms with Crippen LogP contribution in [0, 0.1) is 0 Å². The van der Waals surface area contributed by atoms with Crippen molar-refractivity contribution in [2.75, 3.05) is 19.7 Å². The Labute approximate surface area is 102 Å². The van der Waals surface area contributed by atoms with Gasteiger partial charge in [-0.05, 0) is 42.3 Å². The zero-order valence-corrected chi connectivity index (χ0v) is 10.9. The highest BCUT2D eigenvalue weighted by Crippen LogP contribution is 2.25. The molecule has 16 heavy (non-hydrogen) atoms. The second kappa shape index (κ2) is 7.01. The lowest BCUT2D eigenvalue weighted by Gasteiger charge is -2.33. The third-order valence-corrected chi connectivity index (χ3v) is 3.38. The monoisotopic (exact) mass is 242 g/mol. The molecule has 1 heterocycles. The quantitative estimate of drug-likeness (QED) is 0.767. The molecule has 0 bridgehead atoms. The van der Waals surface area contributed by atoms with E-state index in [1.807, 2.05) is 6.92 Å². The van der Waals surface area contributed by atoms with Gasteiger partial charge in [-0.2, -0.15) is 11.3 Å². The normalized spacial score (nSPS) is 15.3. The zero-order valence-electron chi connectivity index (χ0n) is 10.1. The Morgan fingerprint density at radius 2 is 2.25 bits per heavy atom. The maximum Gasteiger partial charge on any atom is 0.0558 e. The molecule has 3 nitrogen and oxygen atoms in total. The number of aliphatic hydroxyl groups excluding tert-OH is 1. The molecule has 3 N–H and O–H groups in total. The van der Waals surface area contributed by atoms with Gasteiger partial charge in [-0.3, -0.25) is 4.90 Å². The number of nitrogens with two attached hydrogens (primary N) is 1. The van der Waals surface area contributed by atoms with E-state index in [2.05, 4.69) is 28.7 Å². The molecule has 0 spiro atoms. The molecule has 0 aliphatic carbocycles. The molecule has 1 rings (SSSR count). The van der Waals surface area contributed by atoms with Crippen LogP contribution >= 0.6 is 11.3 Å². The van der Waals surface area contributed by atoms with E-state index in [1.54, 1.807) is 11.3 Å². The summed E-state index contributed by atoms with van der Waals surface area (Å²) >= 11 is 1.69. The Hall–Kier alpha value is -0.420. The largest absolute Gasteiger partial charge is 0.395 e. The van der Waals surface area contributed by atoms with E-state index in [4.69, 9.17) is 10.8 Å². The standard InChI is InChI=1S/C12H22N2OS/c1-3-5-14(6-7-15)12(10(2)13)11-4-8-16-9-11/h4,8-10,12,15H,3,5-7,13H2,1-2H3. The van der Waals surface area contributed by atoms with Crippen LogP contribution in [-0.2, 0) is 0 Å². The molecule has 0 saturated carbocycles. The third-order valence-electron chi connectivity index (χ3n) is 2.67. The number of rotatable bonds is 7. The van der Waals surface area contributed by atoms with E-state index >= 15 is 0 Å². The van der Waals surface area contributed by atoms with E-state index in [0.717, 1.165) is 13.0 Å². The number of aliphatic hydroxyl groups is 1. The molecular formula is C12H22N2OS. The molecular weight excluding hydrogens is 220 g/mol. The van der Waals surface area contributed by atoms with Gasteiger partial charge in [0.15, 0.2) is 0 Å². The first kappa shape index (κ1) is 13.6. The van der Waals surface area contributed by atoms with Crippen LogP contribution in [0.4, 0.5) is 0 Å². The summed E-state index contributed by atoms with van der Waals surface area (Å²) in [4.78, 5) is 2.27. The number of hydrogen-bond donors (Lipinski definition) is 2. The lowest BCUT2D eigenvalue weighted by Crippen LogP contribution is -2.41. The van der Waals surface area contributed by atoms with Gasteiger partial charge in [0, 0.05) is 12.6 Å². The summed E-state index contributed by atoms with van der Waals surface area (Å²) in [6, 6.07) is 2.42. The van der Waals surface area contributed by atoms with E-state index in [9.17, 15) is 0 Å². The lowest BCUT2D eigenvalue weighted by molar-refractivity contribution is 0.137. The SMILES string of the molecule is CCCN(CCO)C(c1ccsc1)C(C)N. The topological polar surface area (TPSA) is 49.5 Å². The first-order valence-electron chi connectivity index (χ1n) is 5.83. The Bertz CT molecular complexity index is 269. The zero-order chi connectivity index (χ0) is 12.0. The minimum atomic E-state index is 0.0766. The van der Waals surface area contributed by atoms with Crippen molar-refractivity contribution < 1.29 is 5.11 Å². The van der Waals surface area contributed by atoms with Crippen LogP contribution in [0.1, 0.15) is 31.9 Å². The summed E-state index contributed by atoms with van der Waals surface area (Å²) in [5.74, 6) is 0. The van der Waals surface area contributed by atoms with Gasteiger partial charge in [0.1, 0.15) is 0 Å². The smallest absolute Gasteiger partial charge is 0.0558 e. The summed E-state index contributed by atoms with van der Waals surface area (Å²) in [5, 5.41) is 13.3. The van der Waals surface area contributed by atoms with Crippen LogP contribution in [-0.4, -0.2) is 35.7 Å². The Morgan fingerprint density at radius 3 is 2.69 bits per heavy atom. The first-order valence-corrected chi connectivity index (χ1v) is 6.77. The fourth-order valence-corrected chi connectivity index (χ4v) is 2.79. The second-order valence-electron chi connectivity index (χ2n) is 4.12. The molecule has 0 fully saturated rings. The molecule has 0 aliphatic rings. The second-order valence-corrected chi connectivity index (χ2v) is 4.90. The number of nitrogens with zero attached hydrogens (tertiary/aromatic N) is 1. The maximum absolute atomic E-state index is 9.11. The van der Waals surface area contributed by atoms with Gasteiger partial charge in [0.05, 0.1) is 12.6 Å². The predicted octanol–water partition coefficient (Wildman–Crippen LogP) is 1.84. The molecule has 0 aliphatic heterocycles. The average molecular weight is 242 g/mol. The molecule has 1 aromatic rings. The van der Waals surface area contributed by atoms with Gasteiger partial charge in [-0.25, -0.2) is 0 Å². The van der Waals surface area contributed by atoms with Crippen molar-refractivity contribution in [1.29, 1.82) is 0 Å². The van der Waals surface area contributed by atoms with Crippen LogP contribution in [0.2, 0.25) is 0 Å². The molecule has 1 aromatic heterocycles. The maximum atomic E-state index is 9.11. The third kappa shape index (κ3) is 3.56. The highest BCUT2D eigenvalue weighted by atomic mass is 32.1. The lowest BCUT2D eigenvalue weighted by atomic mass is 10.0. The van der Waals surface area contributed by atoms with Crippen LogP contribution < -0.4 is 5.73 Å². The minimum Gasteiger partial charge on any atom is -0.395 e. The van der Waals surface area contributed by atoms with Crippen molar-refractivity contribution in [2.24, 2.45) is 5.73 Å². The molecule has 2 unspecified atom stereocenters. The highest BCUT2D eigenvalue weighted by Gasteiger charge is 2.23. The van der Waals surface area contributed by atoms with Gasteiger partial charge in [-0.15, -0.1) is 0 Å².